The predicted molar refractivity (Wildman–Crippen MR) is 138 cm³/mol. The maximum absolute atomic E-state index is 11.5. The monoisotopic (exact) mass is 459 g/mol. The zero-order valence-electron chi connectivity index (χ0n) is 21.5. The van der Waals surface area contributed by atoms with Gasteiger partial charge in [0.1, 0.15) is 0 Å². The van der Waals surface area contributed by atoms with E-state index in [-0.39, 0.29) is 11.8 Å². The molecule has 4 nitrogen and oxygen atoms in total. The maximum atomic E-state index is 11.5. The molecule has 1 unspecified atom stereocenters. The molecule has 0 radical (unpaired) electrons. The molecule has 4 heteroatoms. The van der Waals surface area contributed by atoms with Gasteiger partial charge < -0.3 is 14.8 Å². The minimum absolute atomic E-state index is 0.131. The molecule has 1 fully saturated rings. The molecule has 2 rings (SSSR count). The van der Waals surface area contributed by atoms with Crippen LogP contribution in [0.15, 0.2) is 18.2 Å². The lowest BCUT2D eigenvalue weighted by atomic mass is 9.98. The van der Waals surface area contributed by atoms with E-state index < -0.39 is 0 Å². The first-order chi connectivity index (χ1) is 16.2. The van der Waals surface area contributed by atoms with Crippen molar-refractivity contribution >= 4 is 5.91 Å². The maximum Gasteiger partial charge on any atom is 0.220 e. The van der Waals surface area contributed by atoms with Gasteiger partial charge in [0, 0.05) is 18.9 Å². The van der Waals surface area contributed by atoms with E-state index in [1.54, 1.807) is 7.11 Å². The molecule has 1 heterocycles. The highest BCUT2D eigenvalue weighted by Gasteiger charge is 2.24. The van der Waals surface area contributed by atoms with E-state index in [0.717, 1.165) is 30.1 Å². The molecular weight excluding hydrogens is 410 g/mol. The van der Waals surface area contributed by atoms with Gasteiger partial charge in [0.05, 0.1) is 13.7 Å². The molecule has 1 aromatic rings. The van der Waals surface area contributed by atoms with Crippen LogP contribution in [0, 0.1) is 0 Å². The summed E-state index contributed by atoms with van der Waals surface area (Å²) in [5.74, 6) is 1.94. The Balaban J connectivity index is 1.44. The fourth-order valence-electron chi connectivity index (χ4n) is 4.73. The van der Waals surface area contributed by atoms with Crippen LogP contribution in [0.2, 0.25) is 0 Å². The first-order valence-corrected chi connectivity index (χ1v) is 13.8. The van der Waals surface area contributed by atoms with Crippen molar-refractivity contribution in [3.63, 3.8) is 0 Å². The third kappa shape index (κ3) is 11.8. The van der Waals surface area contributed by atoms with E-state index in [1.165, 1.54) is 96.3 Å². The van der Waals surface area contributed by atoms with E-state index in [0.29, 0.717) is 13.0 Å². The first-order valence-electron chi connectivity index (χ1n) is 13.8. The molecular formula is C29H49NO3. The van der Waals surface area contributed by atoms with E-state index in [2.05, 4.69) is 18.3 Å². The molecule has 33 heavy (non-hydrogen) atoms. The van der Waals surface area contributed by atoms with Crippen LogP contribution in [0.25, 0.3) is 0 Å². The van der Waals surface area contributed by atoms with Crippen LogP contribution < -0.4 is 14.8 Å². The second-order valence-electron chi connectivity index (χ2n) is 9.77. The van der Waals surface area contributed by atoms with Gasteiger partial charge in [0.25, 0.3) is 0 Å². The van der Waals surface area contributed by atoms with Gasteiger partial charge in [-0.1, -0.05) is 109 Å². The normalized spacial score (nSPS) is 15.6. The van der Waals surface area contributed by atoms with E-state index in [1.807, 2.05) is 12.1 Å². The van der Waals surface area contributed by atoms with Crippen molar-refractivity contribution in [1.29, 1.82) is 0 Å². The smallest absolute Gasteiger partial charge is 0.220 e. The Kier molecular flexibility index (Phi) is 14.8. The average molecular weight is 460 g/mol. The van der Waals surface area contributed by atoms with Crippen molar-refractivity contribution in [1.82, 2.24) is 5.32 Å². The third-order valence-corrected chi connectivity index (χ3v) is 6.89. The molecule has 1 atom stereocenters. The summed E-state index contributed by atoms with van der Waals surface area (Å²) in [5, 5.41) is 2.91. The Bertz CT molecular complexity index is 646. The number of hydrogen-bond acceptors (Lipinski definition) is 3. The molecule has 0 aromatic heterocycles. The average Bonchev–Trinajstić information content (AvgIpc) is 3.27. The molecule has 0 saturated carbocycles. The summed E-state index contributed by atoms with van der Waals surface area (Å²) in [6, 6.07) is 6.06. The van der Waals surface area contributed by atoms with Crippen LogP contribution >= 0.6 is 0 Å². The summed E-state index contributed by atoms with van der Waals surface area (Å²) in [7, 11) is 1.68. The minimum atomic E-state index is 0.131. The van der Waals surface area contributed by atoms with Gasteiger partial charge in [-0.3, -0.25) is 4.79 Å². The Morgan fingerprint density at radius 1 is 0.788 bits per heavy atom. The molecule has 1 saturated heterocycles. The van der Waals surface area contributed by atoms with E-state index >= 15 is 0 Å². The largest absolute Gasteiger partial charge is 0.493 e. The first kappa shape index (κ1) is 27.5. The molecule has 1 N–H and O–H groups in total. The second kappa shape index (κ2) is 17.7. The molecule has 1 aliphatic heterocycles. The van der Waals surface area contributed by atoms with Gasteiger partial charge in [0.2, 0.25) is 5.91 Å². The van der Waals surface area contributed by atoms with E-state index in [9.17, 15) is 4.79 Å². The Morgan fingerprint density at radius 3 is 1.82 bits per heavy atom. The summed E-state index contributed by atoms with van der Waals surface area (Å²) < 4.78 is 11.5. The summed E-state index contributed by atoms with van der Waals surface area (Å²) in [5.41, 5.74) is 1.15. The number of carbonyl (C=O) groups excluding carboxylic acids is 1. The lowest BCUT2D eigenvalue weighted by Gasteiger charge is -2.14. The van der Waals surface area contributed by atoms with Crippen molar-refractivity contribution in [2.45, 2.75) is 122 Å². The van der Waals surface area contributed by atoms with Crippen LogP contribution in [0.3, 0.4) is 0 Å². The number of benzene rings is 1. The molecule has 1 aromatic carbocycles. The van der Waals surface area contributed by atoms with Crippen LogP contribution in [-0.4, -0.2) is 26.2 Å². The summed E-state index contributed by atoms with van der Waals surface area (Å²) in [4.78, 5) is 11.5. The lowest BCUT2D eigenvalue weighted by molar-refractivity contribution is -0.119. The van der Waals surface area contributed by atoms with Gasteiger partial charge >= 0.3 is 0 Å². The number of unbranched alkanes of at least 4 members (excludes halogenated alkanes) is 15. The Morgan fingerprint density at radius 2 is 1.33 bits per heavy atom. The number of carbonyl (C=O) groups is 1. The van der Waals surface area contributed by atoms with Gasteiger partial charge in [-0.05, 0) is 24.1 Å². The van der Waals surface area contributed by atoms with Crippen molar-refractivity contribution in [3.8, 4) is 11.5 Å². The fourth-order valence-corrected chi connectivity index (χ4v) is 4.73. The highest BCUT2D eigenvalue weighted by Crippen LogP contribution is 2.33. The zero-order valence-corrected chi connectivity index (χ0v) is 21.5. The Labute approximate surface area is 203 Å². The van der Waals surface area contributed by atoms with Crippen LogP contribution in [0.1, 0.15) is 128 Å². The van der Waals surface area contributed by atoms with Gasteiger partial charge in [-0.2, -0.15) is 0 Å². The molecule has 0 aliphatic carbocycles. The molecule has 1 amide bonds. The topological polar surface area (TPSA) is 47.6 Å². The lowest BCUT2D eigenvalue weighted by Crippen LogP contribution is -2.13. The SMILES string of the molecule is CCCCCCCCCCCCCCCCCCOc1cc(C2CNC(=O)C2)ccc1OC. The zero-order chi connectivity index (χ0) is 23.6. The minimum Gasteiger partial charge on any atom is -0.493 e. The molecule has 0 spiro atoms. The quantitative estimate of drug-likeness (QED) is 0.201. The number of hydrogen-bond donors (Lipinski definition) is 1. The van der Waals surface area contributed by atoms with Gasteiger partial charge in [-0.25, -0.2) is 0 Å². The Hall–Kier alpha value is -1.71. The summed E-state index contributed by atoms with van der Waals surface area (Å²) >= 11 is 0. The molecule has 0 bridgehead atoms. The number of nitrogens with one attached hydrogen (secondary N) is 1. The molecule has 188 valence electrons. The number of rotatable bonds is 20. The van der Waals surface area contributed by atoms with Gasteiger partial charge in [0.15, 0.2) is 11.5 Å². The summed E-state index contributed by atoms with van der Waals surface area (Å²) in [6.45, 7) is 3.72. The van der Waals surface area contributed by atoms with Crippen LogP contribution in [-0.2, 0) is 4.79 Å². The number of ether oxygens (including phenoxy) is 2. The summed E-state index contributed by atoms with van der Waals surface area (Å²) in [6.07, 6.45) is 22.5. The van der Waals surface area contributed by atoms with Gasteiger partial charge in [-0.15, -0.1) is 0 Å². The fraction of sp³-hybridized carbons (Fsp3) is 0.759. The van der Waals surface area contributed by atoms with Crippen molar-refractivity contribution in [2.24, 2.45) is 0 Å². The van der Waals surface area contributed by atoms with Crippen LogP contribution in [0.4, 0.5) is 0 Å². The highest BCUT2D eigenvalue weighted by molar-refractivity contribution is 5.79. The van der Waals surface area contributed by atoms with Crippen molar-refractivity contribution < 1.29 is 14.3 Å². The number of methoxy groups -OCH3 is 1. The molecule has 1 aliphatic rings. The third-order valence-electron chi connectivity index (χ3n) is 6.89. The highest BCUT2D eigenvalue weighted by atomic mass is 16.5. The van der Waals surface area contributed by atoms with Crippen LogP contribution in [0.5, 0.6) is 11.5 Å². The van der Waals surface area contributed by atoms with Crippen molar-refractivity contribution in [2.75, 3.05) is 20.3 Å². The second-order valence-corrected chi connectivity index (χ2v) is 9.77. The standard InChI is InChI=1S/C29H49NO3/c1-3-4-5-6-7-8-9-10-11-12-13-14-15-16-17-18-21-33-28-22-25(19-20-27(28)32-2)26-23-29(31)30-24-26/h19-20,22,26H,3-18,21,23-24H2,1-2H3,(H,30,31). The number of amides is 1. The van der Waals surface area contributed by atoms with Crippen molar-refractivity contribution in [3.05, 3.63) is 23.8 Å². The predicted octanol–water partition coefficient (Wildman–Crippen LogP) is 7.94. The van der Waals surface area contributed by atoms with E-state index in [4.69, 9.17) is 9.47 Å².